The van der Waals surface area contributed by atoms with Gasteiger partial charge in [-0.15, -0.1) is 0 Å². The summed E-state index contributed by atoms with van der Waals surface area (Å²) < 4.78 is 3.09. The Morgan fingerprint density at radius 1 is 1.25 bits per heavy atom. The third-order valence-electron chi connectivity index (χ3n) is 3.72. The smallest absolute Gasteiger partial charge is 0.0644 e. The van der Waals surface area contributed by atoms with Crippen LogP contribution in [0.4, 0.5) is 0 Å². The summed E-state index contributed by atoms with van der Waals surface area (Å²) in [6.07, 6.45) is 0.981. The van der Waals surface area contributed by atoms with Crippen LogP contribution in [-0.4, -0.2) is 16.3 Å². The average Bonchev–Trinajstić information content (AvgIpc) is 2.66. The van der Waals surface area contributed by atoms with Gasteiger partial charge in [-0.1, -0.05) is 35.0 Å². The molecule has 0 bridgehead atoms. The highest BCUT2D eigenvalue weighted by atomic mass is 79.9. The summed E-state index contributed by atoms with van der Waals surface area (Å²) in [6, 6.07) is 8.86. The molecule has 4 heteroatoms. The first-order valence-corrected chi connectivity index (χ1v) is 7.80. The Balaban J connectivity index is 2.29. The first kappa shape index (κ1) is 15.3. The van der Waals surface area contributed by atoms with E-state index in [0.29, 0.717) is 6.04 Å². The van der Waals surface area contributed by atoms with Gasteiger partial charge in [-0.05, 0) is 44.5 Å². The fraction of sp³-hybridized carbons (Fsp3) is 0.438. The second-order valence-corrected chi connectivity index (χ2v) is 6.06. The van der Waals surface area contributed by atoms with Crippen molar-refractivity contribution in [1.82, 2.24) is 15.1 Å². The Bertz CT molecular complexity index is 572. The molecule has 0 amide bonds. The molecule has 20 heavy (non-hydrogen) atoms. The highest BCUT2D eigenvalue weighted by Gasteiger charge is 2.19. The van der Waals surface area contributed by atoms with Crippen molar-refractivity contribution in [3.05, 3.63) is 51.3 Å². The van der Waals surface area contributed by atoms with Crippen LogP contribution >= 0.6 is 15.9 Å². The van der Waals surface area contributed by atoms with Crippen molar-refractivity contribution >= 4 is 15.9 Å². The number of likely N-dealkylation sites (N-methyl/N-ethyl adjacent to an activating group) is 1. The van der Waals surface area contributed by atoms with Gasteiger partial charge < -0.3 is 5.32 Å². The van der Waals surface area contributed by atoms with Crippen molar-refractivity contribution in [3.63, 3.8) is 0 Å². The molecule has 108 valence electrons. The molecule has 0 aliphatic heterocycles. The molecular formula is C16H22BrN3. The van der Waals surface area contributed by atoms with Crippen molar-refractivity contribution in [2.24, 2.45) is 7.05 Å². The maximum absolute atomic E-state index is 4.54. The van der Waals surface area contributed by atoms with Gasteiger partial charge >= 0.3 is 0 Å². The lowest BCUT2D eigenvalue weighted by molar-refractivity contribution is 0.544. The fourth-order valence-electron chi connectivity index (χ4n) is 2.67. The first-order chi connectivity index (χ1) is 9.52. The molecule has 0 aliphatic rings. The number of nitrogens with one attached hydrogen (secondary N) is 1. The molecule has 0 saturated heterocycles. The topological polar surface area (TPSA) is 29.9 Å². The standard InChI is InChI=1S/C16H22BrN3/c1-5-18-15(10-13-6-8-14(17)9-7-13)16-11(2)19-20(4)12(16)3/h6-9,15,18H,5,10H2,1-4H3. The monoisotopic (exact) mass is 335 g/mol. The summed E-state index contributed by atoms with van der Waals surface area (Å²) in [5.41, 5.74) is 5.03. The Morgan fingerprint density at radius 3 is 2.40 bits per heavy atom. The number of nitrogens with zero attached hydrogens (tertiary/aromatic N) is 2. The lowest BCUT2D eigenvalue weighted by Crippen LogP contribution is -2.24. The van der Waals surface area contributed by atoms with Crippen molar-refractivity contribution in [3.8, 4) is 0 Å². The molecule has 1 N–H and O–H groups in total. The third kappa shape index (κ3) is 3.30. The number of aromatic nitrogens is 2. The van der Waals surface area contributed by atoms with Gasteiger partial charge in [-0.25, -0.2) is 0 Å². The van der Waals surface area contributed by atoms with Gasteiger partial charge in [0.1, 0.15) is 0 Å². The Labute approximate surface area is 129 Å². The van der Waals surface area contributed by atoms with Crippen molar-refractivity contribution in [2.75, 3.05) is 6.54 Å². The van der Waals surface area contributed by atoms with Crippen LogP contribution in [0.2, 0.25) is 0 Å². The van der Waals surface area contributed by atoms with Gasteiger partial charge in [-0.3, -0.25) is 4.68 Å². The van der Waals surface area contributed by atoms with E-state index < -0.39 is 0 Å². The van der Waals surface area contributed by atoms with Gasteiger partial charge in [0.05, 0.1) is 5.69 Å². The van der Waals surface area contributed by atoms with E-state index in [9.17, 15) is 0 Å². The minimum Gasteiger partial charge on any atom is -0.310 e. The molecule has 1 atom stereocenters. The molecule has 0 spiro atoms. The second kappa shape index (κ2) is 6.55. The maximum atomic E-state index is 4.54. The SMILES string of the molecule is CCNC(Cc1ccc(Br)cc1)c1c(C)nn(C)c1C. The molecule has 0 fully saturated rings. The average molecular weight is 336 g/mol. The molecular weight excluding hydrogens is 314 g/mol. The van der Waals surface area contributed by atoms with Crippen LogP contribution in [0.5, 0.6) is 0 Å². The van der Waals surface area contributed by atoms with E-state index in [1.54, 1.807) is 0 Å². The van der Waals surface area contributed by atoms with E-state index >= 15 is 0 Å². The summed E-state index contributed by atoms with van der Waals surface area (Å²) in [4.78, 5) is 0. The van der Waals surface area contributed by atoms with Crippen LogP contribution in [0, 0.1) is 13.8 Å². The molecule has 1 heterocycles. The minimum absolute atomic E-state index is 0.315. The van der Waals surface area contributed by atoms with Crippen LogP contribution in [0.25, 0.3) is 0 Å². The van der Waals surface area contributed by atoms with Crippen LogP contribution in [0.1, 0.15) is 35.5 Å². The summed E-state index contributed by atoms with van der Waals surface area (Å²) in [5.74, 6) is 0. The Morgan fingerprint density at radius 2 is 1.90 bits per heavy atom. The quantitative estimate of drug-likeness (QED) is 0.902. The zero-order chi connectivity index (χ0) is 14.7. The predicted octanol–water partition coefficient (Wildman–Crippen LogP) is 3.69. The number of hydrogen-bond donors (Lipinski definition) is 1. The molecule has 0 saturated carbocycles. The lowest BCUT2D eigenvalue weighted by Gasteiger charge is -2.19. The third-order valence-corrected chi connectivity index (χ3v) is 4.25. The van der Waals surface area contributed by atoms with E-state index in [1.807, 2.05) is 11.7 Å². The van der Waals surface area contributed by atoms with Gasteiger partial charge in [0, 0.05) is 28.8 Å². The fourth-order valence-corrected chi connectivity index (χ4v) is 2.94. The van der Waals surface area contributed by atoms with Crippen LogP contribution in [0.15, 0.2) is 28.7 Å². The number of hydrogen-bond acceptors (Lipinski definition) is 2. The highest BCUT2D eigenvalue weighted by molar-refractivity contribution is 9.10. The van der Waals surface area contributed by atoms with Crippen LogP contribution in [0.3, 0.4) is 0 Å². The van der Waals surface area contributed by atoms with Gasteiger partial charge in [0.2, 0.25) is 0 Å². The maximum Gasteiger partial charge on any atom is 0.0644 e. The normalized spacial score (nSPS) is 12.7. The van der Waals surface area contributed by atoms with E-state index in [2.05, 4.69) is 71.4 Å². The first-order valence-electron chi connectivity index (χ1n) is 7.00. The van der Waals surface area contributed by atoms with E-state index in [-0.39, 0.29) is 0 Å². The molecule has 1 aromatic carbocycles. The summed E-state index contributed by atoms with van der Waals surface area (Å²) in [6.45, 7) is 7.33. The second-order valence-electron chi connectivity index (χ2n) is 5.15. The minimum atomic E-state index is 0.315. The number of benzene rings is 1. The summed E-state index contributed by atoms with van der Waals surface area (Å²) in [7, 11) is 2.01. The molecule has 1 aromatic heterocycles. The van der Waals surface area contributed by atoms with Crippen molar-refractivity contribution in [1.29, 1.82) is 0 Å². The van der Waals surface area contributed by atoms with Gasteiger partial charge in [-0.2, -0.15) is 5.10 Å². The molecule has 0 radical (unpaired) electrons. The van der Waals surface area contributed by atoms with Gasteiger partial charge in [0.15, 0.2) is 0 Å². The zero-order valence-corrected chi connectivity index (χ0v) is 14.2. The summed E-state index contributed by atoms with van der Waals surface area (Å²) in [5, 5.41) is 8.13. The number of aryl methyl sites for hydroxylation is 2. The van der Waals surface area contributed by atoms with E-state index in [4.69, 9.17) is 0 Å². The van der Waals surface area contributed by atoms with Crippen LogP contribution in [-0.2, 0) is 13.5 Å². The van der Waals surface area contributed by atoms with Crippen LogP contribution < -0.4 is 5.32 Å². The molecule has 3 nitrogen and oxygen atoms in total. The Hall–Kier alpha value is -1.13. The molecule has 1 unspecified atom stereocenters. The van der Waals surface area contributed by atoms with E-state index in [0.717, 1.165) is 23.1 Å². The lowest BCUT2D eigenvalue weighted by atomic mass is 9.97. The Kier molecular flexibility index (Phi) is 5.00. The zero-order valence-electron chi connectivity index (χ0n) is 12.6. The predicted molar refractivity (Wildman–Crippen MR) is 86.9 cm³/mol. The molecule has 0 aliphatic carbocycles. The highest BCUT2D eigenvalue weighted by Crippen LogP contribution is 2.25. The van der Waals surface area contributed by atoms with Crippen molar-refractivity contribution in [2.45, 2.75) is 33.2 Å². The van der Waals surface area contributed by atoms with E-state index in [1.165, 1.54) is 16.8 Å². The van der Waals surface area contributed by atoms with Gasteiger partial charge in [0.25, 0.3) is 0 Å². The molecule has 2 rings (SSSR count). The number of halogens is 1. The largest absolute Gasteiger partial charge is 0.310 e. The number of rotatable bonds is 5. The van der Waals surface area contributed by atoms with Crippen molar-refractivity contribution < 1.29 is 0 Å². The summed E-state index contributed by atoms with van der Waals surface area (Å²) >= 11 is 3.48. The molecule has 2 aromatic rings.